The lowest BCUT2D eigenvalue weighted by Gasteiger charge is -2.00. The molecule has 0 atom stereocenters. The highest BCUT2D eigenvalue weighted by Crippen LogP contribution is 1.92. The molecule has 0 fully saturated rings. The Morgan fingerprint density at radius 3 is 3.09 bits per heavy atom. The first kappa shape index (κ1) is 8.68. The predicted octanol–water partition coefficient (Wildman–Crippen LogP) is 1.42. The highest BCUT2D eigenvalue weighted by molar-refractivity contribution is 7.80. The number of H-pyrrole nitrogens is 1. The molecular formula is C8H14N2S. The van der Waals surface area contributed by atoms with Crippen LogP contribution in [0.2, 0.25) is 0 Å². The Morgan fingerprint density at radius 1 is 1.55 bits per heavy atom. The maximum absolute atomic E-state index is 4.12. The van der Waals surface area contributed by atoms with E-state index in [1.54, 1.807) is 0 Å². The van der Waals surface area contributed by atoms with Gasteiger partial charge in [-0.2, -0.15) is 12.6 Å². The summed E-state index contributed by atoms with van der Waals surface area (Å²) in [5.74, 6) is 0.956. The van der Waals surface area contributed by atoms with E-state index in [1.165, 1.54) is 5.69 Å². The first-order valence-electron chi connectivity index (χ1n) is 3.87. The Labute approximate surface area is 72.8 Å². The second-order valence-corrected chi connectivity index (χ2v) is 2.90. The van der Waals surface area contributed by atoms with Crippen molar-refractivity contribution < 1.29 is 0 Å². The van der Waals surface area contributed by atoms with Crippen LogP contribution in [-0.2, 0) is 6.54 Å². The molecule has 0 aliphatic heterocycles. The van der Waals surface area contributed by atoms with E-state index in [0.29, 0.717) is 0 Å². The molecule has 0 bridgehead atoms. The maximum Gasteiger partial charge on any atom is 0.0357 e. The van der Waals surface area contributed by atoms with Crippen molar-refractivity contribution >= 4 is 12.6 Å². The highest BCUT2D eigenvalue weighted by Gasteiger charge is 1.89. The predicted molar refractivity (Wildman–Crippen MR) is 51.0 cm³/mol. The molecule has 1 heterocycles. The summed E-state index contributed by atoms with van der Waals surface area (Å²) in [7, 11) is 0. The second kappa shape index (κ2) is 5.27. The van der Waals surface area contributed by atoms with Gasteiger partial charge in [0.05, 0.1) is 0 Å². The van der Waals surface area contributed by atoms with E-state index in [4.69, 9.17) is 0 Å². The van der Waals surface area contributed by atoms with Crippen LogP contribution in [0.4, 0.5) is 0 Å². The summed E-state index contributed by atoms with van der Waals surface area (Å²) in [4.78, 5) is 3.13. The number of thiol groups is 1. The van der Waals surface area contributed by atoms with Crippen LogP contribution in [0.25, 0.3) is 0 Å². The van der Waals surface area contributed by atoms with E-state index in [0.717, 1.165) is 25.3 Å². The zero-order chi connectivity index (χ0) is 7.94. The van der Waals surface area contributed by atoms with E-state index >= 15 is 0 Å². The molecule has 0 spiro atoms. The molecular weight excluding hydrogens is 156 g/mol. The fourth-order valence-corrected chi connectivity index (χ4v) is 1.06. The highest BCUT2D eigenvalue weighted by atomic mass is 32.1. The summed E-state index contributed by atoms with van der Waals surface area (Å²) in [6.45, 7) is 1.98. The minimum absolute atomic E-state index is 0.931. The summed E-state index contributed by atoms with van der Waals surface area (Å²) in [6, 6.07) is 4.09. The van der Waals surface area contributed by atoms with Crippen LogP contribution < -0.4 is 5.32 Å². The molecule has 0 radical (unpaired) electrons. The van der Waals surface area contributed by atoms with E-state index in [2.05, 4.69) is 29.0 Å². The van der Waals surface area contributed by atoms with Gasteiger partial charge in [0.15, 0.2) is 0 Å². The smallest absolute Gasteiger partial charge is 0.0357 e. The Hall–Kier alpha value is -0.410. The fraction of sp³-hybridized carbons (Fsp3) is 0.500. The molecule has 1 rings (SSSR count). The number of hydrogen-bond acceptors (Lipinski definition) is 2. The third-order valence-corrected chi connectivity index (χ3v) is 1.81. The van der Waals surface area contributed by atoms with Gasteiger partial charge in [-0.1, -0.05) is 0 Å². The largest absolute Gasteiger partial charge is 0.364 e. The van der Waals surface area contributed by atoms with Gasteiger partial charge in [-0.3, -0.25) is 0 Å². The van der Waals surface area contributed by atoms with Gasteiger partial charge in [0.25, 0.3) is 0 Å². The summed E-state index contributed by atoms with van der Waals surface area (Å²) < 4.78 is 0. The SMILES string of the molecule is SCCCNCc1ccc[nH]1. The number of rotatable bonds is 5. The van der Waals surface area contributed by atoms with E-state index in [9.17, 15) is 0 Å². The van der Waals surface area contributed by atoms with Crippen LogP contribution in [-0.4, -0.2) is 17.3 Å². The Balaban J connectivity index is 2.04. The molecule has 0 amide bonds. The van der Waals surface area contributed by atoms with Crippen molar-refractivity contribution in [3.05, 3.63) is 24.0 Å². The van der Waals surface area contributed by atoms with Crippen LogP contribution >= 0.6 is 12.6 Å². The zero-order valence-electron chi connectivity index (χ0n) is 6.51. The maximum atomic E-state index is 4.12. The molecule has 1 aromatic rings. The van der Waals surface area contributed by atoms with E-state index in [-0.39, 0.29) is 0 Å². The van der Waals surface area contributed by atoms with Gasteiger partial charge in [0, 0.05) is 18.4 Å². The Kier molecular flexibility index (Phi) is 4.16. The van der Waals surface area contributed by atoms with Gasteiger partial charge in [-0.25, -0.2) is 0 Å². The van der Waals surface area contributed by atoms with Crippen LogP contribution in [0.15, 0.2) is 18.3 Å². The number of aromatic amines is 1. The van der Waals surface area contributed by atoms with Crippen molar-refractivity contribution in [3.8, 4) is 0 Å². The summed E-state index contributed by atoms with van der Waals surface area (Å²) in [5, 5.41) is 3.31. The van der Waals surface area contributed by atoms with Gasteiger partial charge in [0.2, 0.25) is 0 Å². The zero-order valence-corrected chi connectivity index (χ0v) is 7.40. The summed E-state index contributed by atoms with van der Waals surface area (Å²) in [6.07, 6.45) is 3.07. The van der Waals surface area contributed by atoms with Gasteiger partial charge >= 0.3 is 0 Å². The van der Waals surface area contributed by atoms with Crippen molar-refractivity contribution in [1.29, 1.82) is 0 Å². The molecule has 0 unspecified atom stereocenters. The van der Waals surface area contributed by atoms with Gasteiger partial charge in [-0.15, -0.1) is 0 Å². The lowest BCUT2D eigenvalue weighted by molar-refractivity contribution is 0.670. The number of aromatic nitrogens is 1. The molecule has 0 aromatic carbocycles. The normalized spacial score (nSPS) is 10.3. The van der Waals surface area contributed by atoms with Crippen LogP contribution in [0.3, 0.4) is 0 Å². The van der Waals surface area contributed by atoms with Crippen molar-refractivity contribution in [2.75, 3.05) is 12.3 Å². The van der Waals surface area contributed by atoms with Gasteiger partial charge in [0.1, 0.15) is 0 Å². The average Bonchev–Trinajstić information content (AvgIpc) is 2.50. The number of nitrogens with one attached hydrogen (secondary N) is 2. The second-order valence-electron chi connectivity index (χ2n) is 2.45. The molecule has 0 aliphatic rings. The lowest BCUT2D eigenvalue weighted by atomic mass is 10.4. The topological polar surface area (TPSA) is 27.8 Å². The fourth-order valence-electron chi connectivity index (χ4n) is 0.905. The van der Waals surface area contributed by atoms with Crippen molar-refractivity contribution in [2.24, 2.45) is 0 Å². The molecule has 2 N–H and O–H groups in total. The molecule has 62 valence electrons. The van der Waals surface area contributed by atoms with E-state index < -0.39 is 0 Å². The molecule has 2 nitrogen and oxygen atoms in total. The Bertz CT molecular complexity index is 172. The van der Waals surface area contributed by atoms with Crippen LogP contribution in [0, 0.1) is 0 Å². The number of hydrogen-bond donors (Lipinski definition) is 3. The third kappa shape index (κ3) is 3.49. The van der Waals surface area contributed by atoms with Crippen molar-refractivity contribution in [3.63, 3.8) is 0 Å². The quantitative estimate of drug-likeness (QED) is 0.452. The Morgan fingerprint density at radius 2 is 2.45 bits per heavy atom. The third-order valence-electron chi connectivity index (χ3n) is 1.49. The monoisotopic (exact) mass is 170 g/mol. The van der Waals surface area contributed by atoms with Crippen molar-refractivity contribution in [1.82, 2.24) is 10.3 Å². The lowest BCUT2D eigenvalue weighted by Crippen LogP contribution is -2.15. The molecule has 1 aromatic heterocycles. The van der Waals surface area contributed by atoms with Gasteiger partial charge in [-0.05, 0) is 30.9 Å². The van der Waals surface area contributed by atoms with Crippen LogP contribution in [0.1, 0.15) is 12.1 Å². The first-order chi connectivity index (χ1) is 5.43. The molecule has 0 aliphatic carbocycles. The standard InChI is InChI=1S/C8H14N2S/c11-6-2-4-9-7-8-3-1-5-10-8/h1,3,5,9-11H,2,4,6-7H2. The average molecular weight is 170 g/mol. The molecule has 0 saturated heterocycles. The van der Waals surface area contributed by atoms with Crippen molar-refractivity contribution in [2.45, 2.75) is 13.0 Å². The minimum Gasteiger partial charge on any atom is -0.364 e. The first-order valence-corrected chi connectivity index (χ1v) is 4.50. The van der Waals surface area contributed by atoms with Gasteiger partial charge < -0.3 is 10.3 Å². The molecule has 3 heteroatoms. The summed E-state index contributed by atoms with van der Waals surface area (Å²) >= 11 is 4.12. The molecule has 11 heavy (non-hydrogen) atoms. The minimum atomic E-state index is 0.931. The summed E-state index contributed by atoms with van der Waals surface area (Å²) in [5.41, 5.74) is 1.24. The van der Waals surface area contributed by atoms with Crippen LogP contribution in [0.5, 0.6) is 0 Å². The molecule has 0 saturated carbocycles. The van der Waals surface area contributed by atoms with E-state index in [1.807, 2.05) is 12.3 Å².